The van der Waals surface area contributed by atoms with Gasteiger partial charge in [-0.05, 0) is 36.1 Å². The van der Waals surface area contributed by atoms with Crippen molar-refractivity contribution in [1.29, 1.82) is 0 Å². The summed E-state index contributed by atoms with van der Waals surface area (Å²) in [5.41, 5.74) is 2.91. The van der Waals surface area contributed by atoms with Gasteiger partial charge in [-0.1, -0.05) is 50.6 Å². The lowest BCUT2D eigenvalue weighted by molar-refractivity contribution is -0.118. The fraction of sp³-hybridized carbons (Fsp3) is 0.316. The van der Waals surface area contributed by atoms with Crippen molar-refractivity contribution in [3.8, 4) is 5.75 Å². The number of rotatable bonds is 4. The number of ether oxygens (including phenoxy) is 1. The molecule has 0 unspecified atom stereocenters. The first-order valence-corrected chi connectivity index (χ1v) is 8.04. The normalized spacial score (nSPS) is 11.2. The largest absolute Gasteiger partial charge is 0.483 e. The maximum Gasteiger partial charge on any atom is 0.262 e. The van der Waals surface area contributed by atoms with E-state index in [1.165, 1.54) is 5.56 Å². The molecule has 0 fully saturated rings. The fourth-order valence-electron chi connectivity index (χ4n) is 2.26. The molecule has 0 aliphatic heterocycles. The Kier molecular flexibility index (Phi) is 5.37. The van der Waals surface area contributed by atoms with Crippen LogP contribution in [0, 0.1) is 6.92 Å². The van der Waals surface area contributed by atoms with Gasteiger partial charge in [0.1, 0.15) is 5.75 Å². The highest BCUT2D eigenvalue weighted by atomic mass is 32.1. The highest BCUT2D eigenvalue weighted by molar-refractivity contribution is 7.80. The van der Waals surface area contributed by atoms with Gasteiger partial charge in [-0.2, -0.15) is 0 Å². The molecule has 23 heavy (non-hydrogen) atoms. The highest BCUT2D eigenvalue weighted by Gasteiger charge is 2.19. The number of anilines is 1. The van der Waals surface area contributed by atoms with Crippen LogP contribution in [0.3, 0.4) is 0 Å². The molecule has 0 bridgehead atoms. The summed E-state index contributed by atoms with van der Waals surface area (Å²) in [4.78, 5) is 12.8. The molecule has 0 saturated heterocycles. The topological polar surface area (TPSA) is 38.3 Å². The summed E-state index contributed by atoms with van der Waals surface area (Å²) in [5, 5.41) is 2.81. The number of hydrogen-bond acceptors (Lipinski definition) is 3. The molecule has 1 amide bonds. The first-order chi connectivity index (χ1) is 10.8. The highest BCUT2D eigenvalue weighted by Crippen LogP contribution is 2.32. The van der Waals surface area contributed by atoms with Crippen LogP contribution in [0.25, 0.3) is 0 Å². The molecule has 1 N–H and O–H groups in total. The second-order valence-electron chi connectivity index (χ2n) is 6.60. The Morgan fingerprint density at radius 3 is 2.52 bits per heavy atom. The van der Waals surface area contributed by atoms with Crippen LogP contribution in [0.2, 0.25) is 0 Å². The van der Waals surface area contributed by atoms with E-state index >= 15 is 0 Å². The van der Waals surface area contributed by atoms with Gasteiger partial charge in [0.25, 0.3) is 5.91 Å². The molecule has 0 atom stereocenters. The molecule has 0 saturated carbocycles. The summed E-state index contributed by atoms with van der Waals surface area (Å²) in [7, 11) is 0. The second-order valence-corrected chi connectivity index (χ2v) is 7.09. The van der Waals surface area contributed by atoms with Gasteiger partial charge in [-0.3, -0.25) is 4.79 Å². The number of thiol groups is 1. The van der Waals surface area contributed by atoms with Crippen LogP contribution in [0.15, 0.2) is 47.4 Å². The number of amides is 1. The lowest BCUT2D eigenvalue weighted by Gasteiger charge is -2.23. The number of carbonyl (C=O) groups excluding carboxylic acids is 1. The average Bonchev–Trinajstić information content (AvgIpc) is 2.47. The van der Waals surface area contributed by atoms with Crippen molar-refractivity contribution in [3.05, 3.63) is 53.6 Å². The van der Waals surface area contributed by atoms with E-state index in [2.05, 4.69) is 51.7 Å². The van der Waals surface area contributed by atoms with Crippen molar-refractivity contribution in [3.63, 3.8) is 0 Å². The summed E-state index contributed by atoms with van der Waals surface area (Å²) in [5.74, 6) is 0.546. The van der Waals surface area contributed by atoms with Crippen LogP contribution in [0.4, 0.5) is 5.69 Å². The third-order valence-electron chi connectivity index (χ3n) is 3.48. The smallest absolute Gasteiger partial charge is 0.262 e. The molecule has 3 nitrogen and oxygen atoms in total. The van der Waals surface area contributed by atoms with E-state index in [1.54, 1.807) is 0 Å². The summed E-state index contributed by atoms with van der Waals surface area (Å²) in [6.45, 7) is 8.41. The van der Waals surface area contributed by atoms with E-state index in [0.717, 1.165) is 16.2 Å². The molecule has 4 heteroatoms. The molecule has 0 aliphatic carbocycles. The Labute approximate surface area is 143 Å². The van der Waals surface area contributed by atoms with Crippen LogP contribution in [-0.2, 0) is 10.2 Å². The minimum Gasteiger partial charge on any atom is -0.483 e. The zero-order valence-electron chi connectivity index (χ0n) is 14.0. The van der Waals surface area contributed by atoms with Crippen molar-refractivity contribution in [2.75, 3.05) is 11.9 Å². The number of para-hydroxylation sites is 1. The maximum absolute atomic E-state index is 12.1. The number of nitrogens with one attached hydrogen (secondary N) is 1. The summed E-state index contributed by atoms with van der Waals surface area (Å²) in [6, 6.07) is 13.4. The first-order valence-electron chi connectivity index (χ1n) is 7.59. The van der Waals surface area contributed by atoms with Crippen LogP contribution in [0.5, 0.6) is 5.75 Å². The molecule has 0 aromatic heterocycles. The SMILES string of the molecule is Cc1ccc(OCC(=O)Nc2ccccc2S)c(C(C)(C)C)c1. The average molecular weight is 329 g/mol. The van der Waals surface area contributed by atoms with Crippen molar-refractivity contribution < 1.29 is 9.53 Å². The molecule has 0 spiro atoms. The minimum atomic E-state index is -0.202. The third kappa shape index (κ3) is 4.76. The van der Waals surface area contributed by atoms with Crippen LogP contribution in [0.1, 0.15) is 31.9 Å². The predicted molar refractivity (Wildman–Crippen MR) is 97.7 cm³/mol. The molecule has 0 heterocycles. The van der Waals surface area contributed by atoms with Crippen molar-refractivity contribution in [2.24, 2.45) is 0 Å². The Hall–Kier alpha value is -1.94. The predicted octanol–water partition coefficient (Wildman–Crippen LogP) is 4.60. The van der Waals surface area contributed by atoms with Gasteiger partial charge in [0.2, 0.25) is 0 Å². The van der Waals surface area contributed by atoms with Gasteiger partial charge in [0.05, 0.1) is 5.69 Å². The Balaban J connectivity index is 2.06. The second kappa shape index (κ2) is 7.09. The standard InChI is InChI=1S/C19H23NO2S/c1-13-9-10-16(14(11-13)19(2,3)4)22-12-18(21)20-15-7-5-6-8-17(15)23/h5-11,23H,12H2,1-4H3,(H,20,21). The molecule has 0 aliphatic rings. The Morgan fingerprint density at radius 1 is 1.17 bits per heavy atom. The summed E-state index contributed by atoms with van der Waals surface area (Å²) in [6.07, 6.45) is 0. The van der Waals surface area contributed by atoms with Gasteiger partial charge in [0, 0.05) is 4.90 Å². The van der Waals surface area contributed by atoms with E-state index in [4.69, 9.17) is 4.74 Å². The van der Waals surface area contributed by atoms with Gasteiger partial charge in [0.15, 0.2) is 6.61 Å². The number of benzene rings is 2. The van der Waals surface area contributed by atoms with E-state index in [-0.39, 0.29) is 17.9 Å². The Bertz CT molecular complexity index is 705. The number of aryl methyl sites for hydroxylation is 1. The minimum absolute atomic E-state index is 0.0335. The molecular weight excluding hydrogens is 306 g/mol. The molecule has 2 aromatic rings. The Morgan fingerprint density at radius 2 is 1.87 bits per heavy atom. The zero-order valence-corrected chi connectivity index (χ0v) is 14.9. The molecule has 122 valence electrons. The van der Waals surface area contributed by atoms with Gasteiger partial charge in [-0.25, -0.2) is 0 Å². The van der Waals surface area contributed by atoms with E-state index in [0.29, 0.717) is 5.69 Å². The van der Waals surface area contributed by atoms with Gasteiger partial charge < -0.3 is 10.1 Å². The zero-order chi connectivity index (χ0) is 17.0. The fourth-order valence-corrected chi connectivity index (χ4v) is 2.48. The molecular formula is C19H23NO2S. The summed E-state index contributed by atoms with van der Waals surface area (Å²) >= 11 is 4.32. The summed E-state index contributed by atoms with van der Waals surface area (Å²) < 4.78 is 5.76. The molecule has 0 radical (unpaired) electrons. The maximum atomic E-state index is 12.1. The van der Waals surface area contributed by atoms with Crippen LogP contribution < -0.4 is 10.1 Å². The lowest BCUT2D eigenvalue weighted by atomic mass is 9.85. The van der Waals surface area contributed by atoms with Crippen molar-refractivity contribution in [2.45, 2.75) is 38.0 Å². The van der Waals surface area contributed by atoms with Gasteiger partial charge >= 0.3 is 0 Å². The lowest BCUT2D eigenvalue weighted by Crippen LogP contribution is -2.22. The quantitative estimate of drug-likeness (QED) is 0.805. The first kappa shape index (κ1) is 17.4. The monoisotopic (exact) mass is 329 g/mol. The molecule has 2 aromatic carbocycles. The van der Waals surface area contributed by atoms with E-state index in [1.807, 2.05) is 36.4 Å². The number of carbonyl (C=O) groups is 1. The van der Waals surface area contributed by atoms with E-state index < -0.39 is 0 Å². The van der Waals surface area contributed by atoms with Crippen LogP contribution >= 0.6 is 12.6 Å². The van der Waals surface area contributed by atoms with Crippen LogP contribution in [-0.4, -0.2) is 12.5 Å². The third-order valence-corrected chi connectivity index (χ3v) is 3.87. The van der Waals surface area contributed by atoms with Crippen molar-refractivity contribution >= 4 is 24.2 Å². The van der Waals surface area contributed by atoms with Crippen molar-refractivity contribution in [1.82, 2.24) is 0 Å². The molecule has 2 rings (SSSR count). The van der Waals surface area contributed by atoms with Gasteiger partial charge in [-0.15, -0.1) is 12.6 Å². The number of hydrogen-bond donors (Lipinski definition) is 2. The van der Waals surface area contributed by atoms with E-state index in [9.17, 15) is 4.79 Å².